The van der Waals surface area contributed by atoms with Crippen molar-refractivity contribution in [3.05, 3.63) is 28.2 Å². The van der Waals surface area contributed by atoms with E-state index in [9.17, 15) is 0 Å². The zero-order valence-corrected chi connectivity index (χ0v) is 14.0. The molecule has 2 nitrogen and oxygen atoms in total. The lowest BCUT2D eigenvalue weighted by Gasteiger charge is -2.24. The Hall–Kier alpha value is -0.540. The first-order valence-corrected chi connectivity index (χ1v) is 8.74. The first-order chi connectivity index (χ1) is 9.72. The van der Waals surface area contributed by atoms with Crippen molar-refractivity contribution in [3.63, 3.8) is 0 Å². The second-order valence-corrected chi connectivity index (χ2v) is 7.33. The summed E-state index contributed by atoms with van der Waals surface area (Å²) in [7, 11) is 2.22. The molecule has 2 aliphatic carbocycles. The van der Waals surface area contributed by atoms with Crippen LogP contribution in [0.25, 0.3) is 0 Å². The summed E-state index contributed by atoms with van der Waals surface area (Å²) in [4.78, 5) is 2.41. The van der Waals surface area contributed by atoms with E-state index in [1.807, 2.05) is 0 Å². The molecule has 2 saturated carbocycles. The molecule has 2 fully saturated rings. The zero-order chi connectivity index (χ0) is 13.9. The van der Waals surface area contributed by atoms with Gasteiger partial charge in [0.05, 0.1) is 5.69 Å². The average molecular weight is 337 g/mol. The predicted molar refractivity (Wildman–Crippen MR) is 89.2 cm³/mol. The minimum absolute atomic E-state index is 0.776. The molecule has 2 aliphatic rings. The number of rotatable bonds is 6. The van der Waals surface area contributed by atoms with Crippen LogP contribution in [0.2, 0.25) is 0 Å². The van der Waals surface area contributed by atoms with Crippen LogP contribution < -0.4 is 10.2 Å². The van der Waals surface area contributed by atoms with E-state index in [2.05, 4.69) is 51.4 Å². The molecule has 1 aromatic carbocycles. The molecule has 0 heterocycles. The zero-order valence-electron chi connectivity index (χ0n) is 12.4. The van der Waals surface area contributed by atoms with Gasteiger partial charge in [0.25, 0.3) is 0 Å². The summed E-state index contributed by atoms with van der Waals surface area (Å²) in [5.74, 6) is 0.892. The maximum absolute atomic E-state index is 3.75. The molecule has 1 aromatic rings. The molecule has 3 rings (SSSR count). The van der Waals surface area contributed by atoms with Gasteiger partial charge in [0.15, 0.2) is 0 Å². The molecule has 0 aromatic heterocycles. The van der Waals surface area contributed by atoms with Crippen molar-refractivity contribution in [2.45, 2.75) is 51.1 Å². The average Bonchev–Trinajstić information content (AvgIpc) is 3.13. The Balaban J connectivity index is 1.59. The Morgan fingerprint density at radius 1 is 1.20 bits per heavy atom. The monoisotopic (exact) mass is 336 g/mol. The summed E-state index contributed by atoms with van der Waals surface area (Å²) in [6.45, 7) is 2.19. The lowest BCUT2D eigenvalue weighted by atomic mass is 10.1. The van der Waals surface area contributed by atoms with Gasteiger partial charge in [-0.15, -0.1) is 0 Å². The molecule has 0 radical (unpaired) electrons. The molecule has 0 saturated heterocycles. The van der Waals surface area contributed by atoms with Crippen LogP contribution in [0.4, 0.5) is 5.69 Å². The van der Waals surface area contributed by atoms with Gasteiger partial charge in [-0.1, -0.05) is 18.9 Å². The standard InChI is InChI=1S/C17H25BrN2/c1-20(12-13-4-2-3-5-13)17-9-6-14(10-16(17)18)11-19-15-7-8-15/h6,9-10,13,15,19H,2-5,7-8,11-12H2,1H3. The van der Waals surface area contributed by atoms with E-state index in [4.69, 9.17) is 0 Å². The molecule has 110 valence electrons. The highest BCUT2D eigenvalue weighted by atomic mass is 79.9. The summed E-state index contributed by atoms with van der Waals surface area (Å²) in [5, 5.41) is 3.57. The Morgan fingerprint density at radius 2 is 1.95 bits per heavy atom. The van der Waals surface area contributed by atoms with Crippen molar-refractivity contribution < 1.29 is 0 Å². The number of halogens is 1. The maximum Gasteiger partial charge on any atom is 0.0508 e. The molecule has 0 spiro atoms. The highest BCUT2D eigenvalue weighted by Crippen LogP contribution is 2.31. The van der Waals surface area contributed by atoms with Crippen LogP contribution in [0.1, 0.15) is 44.1 Å². The number of benzene rings is 1. The van der Waals surface area contributed by atoms with E-state index in [0.29, 0.717) is 0 Å². The Kier molecular flexibility index (Phi) is 4.67. The first kappa shape index (κ1) is 14.4. The Labute approximate surface area is 131 Å². The molecule has 20 heavy (non-hydrogen) atoms. The van der Waals surface area contributed by atoms with Crippen LogP contribution in [0.3, 0.4) is 0 Å². The van der Waals surface area contributed by atoms with Gasteiger partial charge in [-0.25, -0.2) is 0 Å². The minimum Gasteiger partial charge on any atom is -0.373 e. The predicted octanol–water partition coefficient (Wildman–Crippen LogP) is 4.33. The number of hydrogen-bond acceptors (Lipinski definition) is 2. The fraction of sp³-hybridized carbons (Fsp3) is 0.647. The van der Waals surface area contributed by atoms with E-state index in [-0.39, 0.29) is 0 Å². The smallest absolute Gasteiger partial charge is 0.0508 e. The molecule has 0 aliphatic heterocycles. The van der Waals surface area contributed by atoms with Gasteiger partial charge in [-0.3, -0.25) is 0 Å². The van der Waals surface area contributed by atoms with Crippen LogP contribution in [0.5, 0.6) is 0 Å². The van der Waals surface area contributed by atoms with Crippen LogP contribution in [-0.4, -0.2) is 19.6 Å². The van der Waals surface area contributed by atoms with Crippen LogP contribution in [-0.2, 0) is 6.54 Å². The largest absolute Gasteiger partial charge is 0.373 e. The molecule has 0 bridgehead atoms. The molecule has 3 heteroatoms. The van der Waals surface area contributed by atoms with E-state index in [0.717, 1.165) is 18.5 Å². The van der Waals surface area contributed by atoms with Crippen LogP contribution in [0, 0.1) is 5.92 Å². The van der Waals surface area contributed by atoms with Gasteiger partial charge < -0.3 is 10.2 Å². The fourth-order valence-electron chi connectivity index (χ4n) is 3.20. The highest BCUT2D eigenvalue weighted by Gasteiger charge is 2.20. The minimum atomic E-state index is 0.776. The molecule has 0 unspecified atom stereocenters. The number of hydrogen-bond donors (Lipinski definition) is 1. The molecule has 0 atom stereocenters. The lowest BCUT2D eigenvalue weighted by molar-refractivity contribution is 0.547. The summed E-state index contributed by atoms with van der Waals surface area (Å²) < 4.78 is 1.23. The van der Waals surface area contributed by atoms with Crippen molar-refractivity contribution >= 4 is 21.6 Å². The van der Waals surface area contributed by atoms with E-state index in [1.165, 1.54) is 60.8 Å². The number of nitrogens with zero attached hydrogens (tertiary/aromatic N) is 1. The highest BCUT2D eigenvalue weighted by molar-refractivity contribution is 9.10. The van der Waals surface area contributed by atoms with Crippen LogP contribution in [0.15, 0.2) is 22.7 Å². The summed E-state index contributed by atoms with van der Waals surface area (Å²) in [5.41, 5.74) is 2.70. The Morgan fingerprint density at radius 3 is 2.60 bits per heavy atom. The van der Waals surface area contributed by atoms with Crippen molar-refractivity contribution in [1.29, 1.82) is 0 Å². The van der Waals surface area contributed by atoms with Crippen molar-refractivity contribution in [1.82, 2.24) is 5.32 Å². The van der Waals surface area contributed by atoms with Crippen molar-refractivity contribution in [3.8, 4) is 0 Å². The number of anilines is 1. The van der Waals surface area contributed by atoms with Gasteiger partial charge in [0.1, 0.15) is 0 Å². The van der Waals surface area contributed by atoms with Gasteiger partial charge in [0, 0.05) is 30.7 Å². The summed E-state index contributed by atoms with van der Waals surface area (Å²) >= 11 is 3.75. The molecule has 1 N–H and O–H groups in total. The topological polar surface area (TPSA) is 15.3 Å². The first-order valence-electron chi connectivity index (χ1n) is 7.95. The second kappa shape index (κ2) is 6.48. The molecular weight excluding hydrogens is 312 g/mol. The molecule has 0 amide bonds. The maximum atomic E-state index is 3.75. The van der Waals surface area contributed by atoms with Gasteiger partial charge in [-0.05, 0) is 65.2 Å². The van der Waals surface area contributed by atoms with Gasteiger partial charge in [0.2, 0.25) is 0 Å². The van der Waals surface area contributed by atoms with Gasteiger partial charge >= 0.3 is 0 Å². The number of nitrogens with one attached hydrogen (secondary N) is 1. The normalized spacial score (nSPS) is 19.5. The molecular formula is C17H25BrN2. The SMILES string of the molecule is CN(CC1CCCC1)c1ccc(CNC2CC2)cc1Br. The third-order valence-corrected chi connectivity index (χ3v) is 5.24. The summed E-state index contributed by atoms with van der Waals surface area (Å²) in [6, 6.07) is 7.58. The quantitative estimate of drug-likeness (QED) is 0.831. The lowest BCUT2D eigenvalue weighted by Crippen LogP contribution is -2.24. The van der Waals surface area contributed by atoms with Gasteiger partial charge in [-0.2, -0.15) is 0 Å². The fourth-order valence-corrected chi connectivity index (χ4v) is 3.93. The van der Waals surface area contributed by atoms with Crippen LogP contribution >= 0.6 is 15.9 Å². The Bertz CT molecular complexity index is 450. The van der Waals surface area contributed by atoms with E-state index < -0.39 is 0 Å². The summed E-state index contributed by atoms with van der Waals surface area (Å²) in [6.07, 6.45) is 8.36. The van der Waals surface area contributed by atoms with E-state index in [1.54, 1.807) is 0 Å². The third kappa shape index (κ3) is 3.76. The van der Waals surface area contributed by atoms with Crippen molar-refractivity contribution in [2.24, 2.45) is 5.92 Å². The van der Waals surface area contributed by atoms with Crippen molar-refractivity contribution in [2.75, 3.05) is 18.5 Å². The third-order valence-electron chi connectivity index (χ3n) is 4.60. The van der Waals surface area contributed by atoms with E-state index >= 15 is 0 Å². The second-order valence-electron chi connectivity index (χ2n) is 6.47.